The van der Waals surface area contributed by atoms with Crippen LogP contribution < -0.4 is 10.6 Å². The van der Waals surface area contributed by atoms with Crippen molar-refractivity contribution in [3.63, 3.8) is 0 Å². The van der Waals surface area contributed by atoms with Gasteiger partial charge in [0, 0.05) is 25.6 Å². The van der Waals surface area contributed by atoms with Crippen LogP contribution in [-0.2, 0) is 14.3 Å². The summed E-state index contributed by atoms with van der Waals surface area (Å²) in [7, 11) is 0. The summed E-state index contributed by atoms with van der Waals surface area (Å²) in [5.74, 6) is -0.472. The van der Waals surface area contributed by atoms with Gasteiger partial charge in [0.25, 0.3) is 0 Å². The van der Waals surface area contributed by atoms with Crippen molar-refractivity contribution in [2.75, 3.05) is 19.7 Å². The Kier molecular flexibility index (Phi) is 5.36. The average Bonchev–Trinajstić information content (AvgIpc) is 2.55. The standard InChI is InChI=1S/C12H24N2O3/c1-9(2)13-6-5-11(15)14-7-10-8-16-12(3,4)17-10/h9-10,13H,5-8H2,1-4H3,(H,14,15). The first-order valence-corrected chi connectivity index (χ1v) is 6.21. The lowest BCUT2D eigenvalue weighted by Gasteiger charge is -2.17. The van der Waals surface area contributed by atoms with Crippen molar-refractivity contribution in [2.45, 2.75) is 52.0 Å². The van der Waals surface area contributed by atoms with Crippen molar-refractivity contribution in [1.82, 2.24) is 10.6 Å². The smallest absolute Gasteiger partial charge is 0.221 e. The molecule has 0 radical (unpaired) electrons. The van der Waals surface area contributed by atoms with Gasteiger partial charge in [0.1, 0.15) is 6.10 Å². The Morgan fingerprint density at radius 2 is 2.18 bits per heavy atom. The van der Waals surface area contributed by atoms with Crippen LogP contribution in [-0.4, -0.2) is 43.5 Å². The van der Waals surface area contributed by atoms with E-state index in [1.54, 1.807) is 0 Å². The van der Waals surface area contributed by atoms with Gasteiger partial charge in [0.05, 0.1) is 6.61 Å². The number of hydrogen-bond donors (Lipinski definition) is 2. The first-order valence-electron chi connectivity index (χ1n) is 6.21. The molecule has 1 amide bonds. The Bertz CT molecular complexity index is 254. The molecule has 5 heteroatoms. The van der Waals surface area contributed by atoms with Gasteiger partial charge < -0.3 is 20.1 Å². The Morgan fingerprint density at radius 1 is 1.47 bits per heavy atom. The summed E-state index contributed by atoms with van der Waals surface area (Å²) in [5, 5.41) is 6.05. The van der Waals surface area contributed by atoms with E-state index >= 15 is 0 Å². The van der Waals surface area contributed by atoms with Gasteiger partial charge in [-0.15, -0.1) is 0 Å². The van der Waals surface area contributed by atoms with Crippen molar-refractivity contribution in [1.29, 1.82) is 0 Å². The number of rotatable bonds is 6. The molecular weight excluding hydrogens is 220 g/mol. The molecule has 1 aliphatic rings. The van der Waals surface area contributed by atoms with E-state index in [1.807, 2.05) is 13.8 Å². The summed E-state index contributed by atoms with van der Waals surface area (Å²) < 4.78 is 11.0. The molecule has 0 saturated carbocycles. The fourth-order valence-corrected chi connectivity index (χ4v) is 1.65. The molecule has 1 saturated heterocycles. The van der Waals surface area contributed by atoms with Gasteiger partial charge in [-0.2, -0.15) is 0 Å². The lowest BCUT2D eigenvalue weighted by molar-refractivity contribution is -0.139. The van der Waals surface area contributed by atoms with Gasteiger partial charge in [0.15, 0.2) is 5.79 Å². The third kappa shape index (κ3) is 6.00. The molecule has 1 atom stereocenters. The predicted molar refractivity (Wildman–Crippen MR) is 65.7 cm³/mol. The summed E-state index contributed by atoms with van der Waals surface area (Å²) in [5.41, 5.74) is 0. The third-order valence-corrected chi connectivity index (χ3v) is 2.50. The number of amides is 1. The molecule has 1 rings (SSSR count). The molecule has 0 aromatic rings. The minimum Gasteiger partial charge on any atom is -0.353 e. The molecule has 2 N–H and O–H groups in total. The quantitative estimate of drug-likeness (QED) is 0.720. The molecule has 5 nitrogen and oxygen atoms in total. The predicted octanol–water partition coefficient (Wildman–Crippen LogP) is 0.642. The fraction of sp³-hybridized carbons (Fsp3) is 0.917. The van der Waals surface area contributed by atoms with E-state index in [-0.39, 0.29) is 12.0 Å². The number of hydrogen-bond acceptors (Lipinski definition) is 4. The highest BCUT2D eigenvalue weighted by molar-refractivity contribution is 5.76. The van der Waals surface area contributed by atoms with Crippen molar-refractivity contribution in [3.8, 4) is 0 Å². The molecule has 1 unspecified atom stereocenters. The van der Waals surface area contributed by atoms with Crippen LogP contribution in [0.25, 0.3) is 0 Å². The van der Waals surface area contributed by atoms with Crippen LogP contribution in [0.1, 0.15) is 34.1 Å². The number of ether oxygens (including phenoxy) is 2. The van der Waals surface area contributed by atoms with Gasteiger partial charge in [-0.25, -0.2) is 0 Å². The van der Waals surface area contributed by atoms with Crippen molar-refractivity contribution >= 4 is 5.91 Å². The summed E-state index contributed by atoms with van der Waals surface area (Å²) >= 11 is 0. The Morgan fingerprint density at radius 3 is 2.71 bits per heavy atom. The Hall–Kier alpha value is -0.650. The minimum absolute atomic E-state index is 0.0352. The lowest BCUT2D eigenvalue weighted by Crippen LogP contribution is -2.36. The van der Waals surface area contributed by atoms with Crippen molar-refractivity contribution < 1.29 is 14.3 Å². The van der Waals surface area contributed by atoms with Crippen LogP contribution in [0.5, 0.6) is 0 Å². The van der Waals surface area contributed by atoms with Crippen LogP contribution in [0, 0.1) is 0 Å². The molecule has 0 aliphatic carbocycles. The minimum atomic E-state index is -0.519. The van der Waals surface area contributed by atoms with Gasteiger partial charge in [0.2, 0.25) is 5.91 Å². The van der Waals surface area contributed by atoms with E-state index in [2.05, 4.69) is 24.5 Å². The number of carbonyl (C=O) groups is 1. The largest absolute Gasteiger partial charge is 0.353 e. The van der Waals surface area contributed by atoms with Crippen LogP contribution in [0.15, 0.2) is 0 Å². The zero-order chi connectivity index (χ0) is 12.9. The van der Waals surface area contributed by atoms with Gasteiger partial charge in [-0.05, 0) is 13.8 Å². The molecule has 0 bridgehead atoms. The first kappa shape index (κ1) is 14.4. The average molecular weight is 244 g/mol. The van der Waals surface area contributed by atoms with Crippen LogP contribution in [0.4, 0.5) is 0 Å². The molecule has 100 valence electrons. The van der Waals surface area contributed by atoms with E-state index in [0.717, 1.165) is 0 Å². The van der Waals surface area contributed by atoms with Crippen LogP contribution in [0.3, 0.4) is 0 Å². The Balaban J connectivity index is 2.08. The Labute approximate surface area is 103 Å². The lowest BCUT2D eigenvalue weighted by atomic mass is 10.3. The molecule has 0 aromatic carbocycles. The molecule has 1 aliphatic heterocycles. The normalized spacial score (nSPS) is 23.0. The van der Waals surface area contributed by atoms with E-state index in [0.29, 0.717) is 32.2 Å². The van der Waals surface area contributed by atoms with Gasteiger partial charge >= 0.3 is 0 Å². The number of nitrogens with one attached hydrogen (secondary N) is 2. The monoisotopic (exact) mass is 244 g/mol. The highest BCUT2D eigenvalue weighted by atomic mass is 16.7. The van der Waals surface area contributed by atoms with Gasteiger partial charge in [-0.3, -0.25) is 4.79 Å². The third-order valence-electron chi connectivity index (χ3n) is 2.50. The molecular formula is C12H24N2O3. The van der Waals surface area contributed by atoms with Gasteiger partial charge in [-0.1, -0.05) is 13.8 Å². The van der Waals surface area contributed by atoms with E-state index < -0.39 is 5.79 Å². The molecule has 0 spiro atoms. The van der Waals surface area contributed by atoms with E-state index in [1.165, 1.54) is 0 Å². The van der Waals surface area contributed by atoms with E-state index in [4.69, 9.17) is 9.47 Å². The summed E-state index contributed by atoms with van der Waals surface area (Å²) in [6, 6.07) is 0.412. The molecule has 0 aromatic heterocycles. The SMILES string of the molecule is CC(C)NCCC(=O)NCC1COC(C)(C)O1. The molecule has 17 heavy (non-hydrogen) atoms. The molecule has 1 fully saturated rings. The second-order valence-electron chi connectivity index (χ2n) is 5.11. The van der Waals surface area contributed by atoms with Crippen LogP contribution >= 0.6 is 0 Å². The second-order valence-corrected chi connectivity index (χ2v) is 5.11. The maximum absolute atomic E-state index is 11.5. The fourth-order valence-electron chi connectivity index (χ4n) is 1.65. The zero-order valence-corrected chi connectivity index (χ0v) is 11.2. The molecule has 1 heterocycles. The highest BCUT2D eigenvalue weighted by Crippen LogP contribution is 2.21. The van der Waals surface area contributed by atoms with Crippen molar-refractivity contribution in [2.24, 2.45) is 0 Å². The topological polar surface area (TPSA) is 59.6 Å². The maximum Gasteiger partial charge on any atom is 0.221 e. The summed E-state index contributed by atoms with van der Waals surface area (Å²) in [4.78, 5) is 11.5. The van der Waals surface area contributed by atoms with E-state index in [9.17, 15) is 4.79 Å². The first-order chi connectivity index (χ1) is 7.89. The zero-order valence-electron chi connectivity index (χ0n) is 11.2. The summed E-state index contributed by atoms with van der Waals surface area (Å²) in [6.45, 7) is 9.63. The van der Waals surface area contributed by atoms with Crippen LogP contribution in [0.2, 0.25) is 0 Å². The maximum atomic E-state index is 11.5. The van der Waals surface area contributed by atoms with Crippen molar-refractivity contribution in [3.05, 3.63) is 0 Å². The second kappa shape index (κ2) is 6.33. The number of carbonyl (C=O) groups excluding carboxylic acids is 1. The summed E-state index contributed by atoms with van der Waals surface area (Å²) in [6.07, 6.45) is 0.460. The highest BCUT2D eigenvalue weighted by Gasteiger charge is 2.32.